The maximum absolute atomic E-state index is 4.55. The van der Waals surface area contributed by atoms with Crippen LogP contribution in [-0.4, -0.2) is 42.4 Å². The van der Waals surface area contributed by atoms with Gasteiger partial charge < -0.3 is 27.4 Å². The quantitative estimate of drug-likeness (QED) is 0.152. The Kier molecular flexibility index (Phi) is 22.4. The van der Waals surface area contributed by atoms with Gasteiger partial charge in [-0.25, -0.2) is 4.98 Å². The van der Waals surface area contributed by atoms with Crippen LogP contribution in [0.3, 0.4) is 0 Å². The van der Waals surface area contributed by atoms with Gasteiger partial charge in [-0.1, -0.05) is 227 Å². The third kappa shape index (κ3) is 16.4. The SMILES string of the molecule is CC(C)(C)n1c2ccccc2c2c3ccccc3ccc21.CC(C)(C)n1c2ccccc2c2cc3ccccc3cc21.CC(C)(C)n1c2ccccc2c2ccccc21.CC(C)(C)n1c2ccccc2c2cccnc21.CC(C)(C)n1c2ccccc2c2cnccc21.CC(C)(C)n1c2ccccc2c2ncccc21.Cc1ccccc1C(C)(C)C. The van der Waals surface area contributed by atoms with Crippen molar-refractivity contribution in [3.8, 4) is 0 Å². The van der Waals surface area contributed by atoms with E-state index in [-0.39, 0.29) is 38.6 Å². The van der Waals surface area contributed by atoms with Crippen LogP contribution in [0.2, 0.25) is 0 Å². The van der Waals surface area contributed by atoms with Crippen LogP contribution in [0.4, 0.5) is 0 Å². The largest absolute Gasteiger partial charge is 0.335 e. The first-order valence-corrected chi connectivity index (χ1v) is 42.9. The highest BCUT2D eigenvalue weighted by Gasteiger charge is 2.27. The van der Waals surface area contributed by atoms with Crippen LogP contribution in [0, 0.1) is 6.92 Å². The molecule has 612 valence electrons. The molecular weight excluding hydrogens is 1470 g/mol. The first kappa shape index (κ1) is 83.5. The number of nitrogens with zero attached hydrogens (tertiary/aromatic N) is 9. The molecule has 0 radical (unpaired) electrons. The zero-order valence-electron chi connectivity index (χ0n) is 75.1. The minimum absolute atomic E-state index is 0.0374. The molecule has 9 heterocycles. The molecule has 0 N–H and O–H groups in total. The molecule has 0 amide bonds. The number of aryl methyl sites for hydroxylation is 1. The molecule has 9 nitrogen and oxygen atoms in total. The molecule has 0 unspecified atom stereocenters. The van der Waals surface area contributed by atoms with Crippen molar-refractivity contribution in [3.05, 3.63) is 333 Å². The average Bonchev–Trinajstić information content (AvgIpc) is 1.60. The number of hydrogen-bond donors (Lipinski definition) is 0. The fourth-order valence-electron chi connectivity index (χ4n) is 18.4. The van der Waals surface area contributed by atoms with Gasteiger partial charge in [0.2, 0.25) is 0 Å². The van der Waals surface area contributed by atoms with Crippen LogP contribution in [-0.2, 0) is 38.6 Å². The van der Waals surface area contributed by atoms with Crippen molar-refractivity contribution in [2.75, 3.05) is 0 Å². The zero-order chi connectivity index (χ0) is 85.9. The number of benzene rings is 12. The first-order chi connectivity index (χ1) is 57.5. The van der Waals surface area contributed by atoms with Crippen molar-refractivity contribution in [1.29, 1.82) is 0 Å². The summed E-state index contributed by atoms with van der Waals surface area (Å²) < 4.78 is 14.4. The van der Waals surface area contributed by atoms with E-state index in [1.165, 1.54) is 153 Å². The smallest absolute Gasteiger partial charge is 0.141 e. The summed E-state index contributed by atoms with van der Waals surface area (Å²) in [4.78, 5) is 13.3. The molecule has 12 aromatic carbocycles. The second-order valence-electron chi connectivity index (χ2n) is 39.3. The van der Waals surface area contributed by atoms with Gasteiger partial charge in [0.25, 0.3) is 0 Å². The van der Waals surface area contributed by atoms with Gasteiger partial charge in [0.15, 0.2) is 0 Å². The normalized spacial score (nSPS) is 12.4. The molecule has 0 fully saturated rings. The predicted octanol–water partition coefficient (Wildman–Crippen LogP) is 31.1. The van der Waals surface area contributed by atoms with E-state index in [1.807, 2.05) is 36.9 Å². The summed E-state index contributed by atoms with van der Waals surface area (Å²) in [5, 5.41) is 19.6. The van der Waals surface area contributed by atoms with E-state index >= 15 is 0 Å². The Morgan fingerprint density at radius 3 is 1.03 bits per heavy atom. The molecule has 0 aliphatic rings. The summed E-state index contributed by atoms with van der Waals surface area (Å²) in [6.45, 7) is 49.3. The van der Waals surface area contributed by atoms with Gasteiger partial charge in [-0.15, -0.1) is 0 Å². The van der Waals surface area contributed by atoms with E-state index in [1.54, 1.807) is 0 Å². The van der Waals surface area contributed by atoms with Crippen LogP contribution in [0.25, 0.3) is 153 Å². The summed E-state index contributed by atoms with van der Waals surface area (Å²) in [6, 6.07) is 106. The molecule has 21 aromatic rings. The van der Waals surface area contributed by atoms with Gasteiger partial charge >= 0.3 is 0 Å². The molecule has 0 saturated heterocycles. The van der Waals surface area contributed by atoms with Crippen molar-refractivity contribution < 1.29 is 0 Å². The van der Waals surface area contributed by atoms with Crippen LogP contribution in [0.15, 0.2) is 322 Å². The lowest BCUT2D eigenvalue weighted by atomic mass is 9.84. The topological polar surface area (TPSA) is 68.2 Å². The summed E-state index contributed by atoms with van der Waals surface area (Å²) in [7, 11) is 0. The van der Waals surface area contributed by atoms with Gasteiger partial charge in [0.05, 0.1) is 38.6 Å². The molecule has 0 bridgehead atoms. The summed E-state index contributed by atoms with van der Waals surface area (Å²) in [6.07, 6.45) is 7.55. The number of pyridine rings is 3. The fourth-order valence-corrected chi connectivity index (χ4v) is 18.4. The molecule has 0 atom stereocenters. The highest BCUT2D eigenvalue weighted by Crippen LogP contribution is 2.42. The zero-order valence-corrected chi connectivity index (χ0v) is 75.1. The highest BCUT2D eigenvalue weighted by molar-refractivity contribution is 6.21. The van der Waals surface area contributed by atoms with Gasteiger partial charge in [-0.05, 0) is 261 Å². The molecule has 0 saturated carbocycles. The van der Waals surface area contributed by atoms with Crippen molar-refractivity contribution in [2.24, 2.45) is 0 Å². The standard InChI is InChI=1S/2C20H19N.C16H17N.3C15H16N2.C11H16/c1-20(2,3)21-18-11-7-6-10-16(18)17-12-14-8-4-5-9-15(14)13-19(17)21;1-20(2,3)21-17-11-7-6-10-16(17)19-15-9-5-4-8-14(15)12-13-18(19)21;1-16(2,3)17-14-10-6-4-8-12(14)13-9-5-7-11-15(13)17;1-15(2,3)17-13-9-5-4-7-11(13)12-8-6-10-16-14(12)17;1-15(2,3)17-12-8-5-4-7-11(12)14-13(17)9-6-10-16-14;1-15(2,3)17-13-7-5-4-6-11(13)12-10-16-9-8-14(12)17;1-9-7-5-6-8-10(9)11(2,3)4/h2*4-13H,1-3H3;4-11H,1-3H3;3*4-10H,1-3H3;5-8H,1-4H3. The number of rotatable bonds is 0. The Morgan fingerprint density at radius 2 is 0.545 bits per heavy atom. The highest BCUT2D eigenvalue weighted by atomic mass is 15.1. The number of para-hydroxylation sites is 7. The van der Waals surface area contributed by atoms with Crippen LogP contribution in [0.1, 0.15) is 157 Å². The van der Waals surface area contributed by atoms with Crippen LogP contribution >= 0.6 is 0 Å². The summed E-state index contributed by atoms with van der Waals surface area (Å²) >= 11 is 0. The second kappa shape index (κ2) is 32.5. The second-order valence-corrected chi connectivity index (χ2v) is 39.3. The molecule has 0 aliphatic carbocycles. The van der Waals surface area contributed by atoms with Gasteiger partial charge in [-0.2, -0.15) is 0 Å². The van der Waals surface area contributed by atoms with Gasteiger partial charge in [-0.3, -0.25) is 9.97 Å². The molecule has 121 heavy (non-hydrogen) atoms. The number of aromatic nitrogens is 9. The minimum atomic E-state index is 0.0374. The van der Waals surface area contributed by atoms with E-state index in [2.05, 4.69) is 480 Å². The van der Waals surface area contributed by atoms with E-state index in [0.717, 1.165) is 11.2 Å². The summed E-state index contributed by atoms with van der Waals surface area (Å²) in [5.74, 6) is 0. The Bertz CT molecular complexity index is 6600. The third-order valence-electron chi connectivity index (χ3n) is 23.0. The van der Waals surface area contributed by atoms with Gasteiger partial charge in [0.1, 0.15) is 5.65 Å². The van der Waals surface area contributed by atoms with E-state index < -0.39 is 0 Å². The average molecular weight is 1590 g/mol. The molecule has 9 aromatic heterocycles. The van der Waals surface area contributed by atoms with E-state index in [0.29, 0.717) is 0 Å². The molecule has 9 heteroatoms. The lowest BCUT2D eigenvalue weighted by Gasteiger charge is -2.24. The predicted molar refractivity (Wildman–Crippen MR) is 525 cm³/mol. The molecule has 0 aliphatic heterocycles. The molecular formula is C112H119N9. The monoisotopic (exact) mass is 1590 g/mol. The van der Waals surface area contributed by atoms with E-state index in [4.69, 9.17) is 0 Å². The van der Waals surface area contributed by atoms with Crippen molar-refractivity contribution in [2.45, 2.75) is 191 Å². The molecule has 0 spiro atoms. The van der Waals surface area contributed by atoms with Crippen molar-refractivity contribution in [3.63, 3.8) is 0 Å². The van der Waals surface area contributed by atoms with Gasteiger partial charge in [0, 0.05) is 145 Å². The Hall–Kier alpha value is -12.6. The number of fused-ring (bicyclic) bond motifs is 21. The third-order valence-corrected chi connectivity index (χ3v) is 23.0. The van der Waals surface area contributed by atoms with E-state index in [9.17, 15) is 0 Å². The van der Waals surface area contributed by atoms with Crippen molar-refractivity contribution >= 4 is 153 Å². The Morgan fingerprint density at radius 1 is 0.215 bits per heavy atom. The lowest BCUT2D eigenvalue weighted by molar-refractivity contribution is 0.420. The van der Waals surface area contributed by atoms with Crippen molar-refractivity contribution in [1.82, 2.24) is 42.4 Å². The Balaban J connectivity index is 0.000000111. The Labute approximate surface area is 714 Å². The first-order valence-electron chi connectivity index (χ1n) is 42.9. The summed E-state index contributed by atoms with van der Waals surface area (Å²) in [5.41, 5.74) is 19.9. The fraction of sp³-hybridized carbons (Fsp3) is 0.259. The minimum Gasteiger partial charge on any atom is -0.335 e. The lowest BCUT2D eigenvalue weighted by Crippen LogP contribution is -2.21. The van der Waals surface area contributed by atoms with Crippen LogP contribution in [0.5, 0.6) is 0 Å². The number of hydrogen-bond acceptors (Lipinski definition) is 3. The maximum Gasteiger partial charge on any atom is 0.141 e. The van der Waals surface area contributed by atoms with Crippen LogP contribution < -0.4 is 0 Å². The molecule has 21 rings (SSSR count). The maximum atomic E-state index is 4.55.